The number of carbonyl (C=O) groups excluding carboxylic acids is 1. The quantitative estimate of drug-likeness (QED) is 0.465. The summed E-state index contributed by atoms with van der Waals surface area (Å²) < 4.78 is 11.5. The molecule has 1 heterocycles. The van der Waals surface area contributed by atoms with E-state index in [1.165, 1.54) is 11.8 Å². The number of thiazole rings is 1. The van der Waals surface area contributed by atoms with Gasteiger partial charge >= 0.3 is 0 Å². The average molecular weight is 479 g/mol. The lowest BCUT2D eigenvalue weighted by molar-refractivity contribution is -0.113. The van der Waals surface area contributed by atoms with Gasteiger partial charge in [-0.05, 0) is 46.3 Å². The maximum Gasteiger partial charge on any atom is 0.234 e. The second kappa shape index (κ2) is 9.95. The summed E-state index contributed by atoms with van der Waals surface area (Å²) in [5, 5.41) is 5.83. The van der Waals surface area contributed by atoms with Crippen molar-refractivity contribution in [3.63, 3.8) is 0 Å². The lowest BCUT2D eigenvalue weighted by Gasteiger charge is -2.08. The lowest BCUT2D eigenvalue weighted by atomic mass is 10.2. The summed E-state index contributed by atoms with van der Waals surface area (Å²) in [6, 6.07) is 13.3. The first-order valence-corrected chi connectivity index (χ1v) is 11.2. The van der Waals surface area contributed by atoms with E-state index in [0.717, 1.165) is 26.4 Å². The highest BCUT2D eigenvalue weighted by molar-refractivity contribution is 9.10. The Bertz CT molecular complexity index is 962. The number of thioether (sulfide) groups is 1. The van der Waals surface area contributed by atoms with E-state index in [1.54, 1.807) is 25.6 Å². The smallest absolute Gasteiger partial charge is 0.234 e. The zero-order chi connectivity index (χ0) is 19.9. The molecule has 146 valence electrons. The molecule has 0 bridgehead atoms. The zero-order valence-corrected chi connectivity index (χ0v) is 18.6. The van der Waals surface area contributed by atoms with Crippen molar-refractivity contribution < 1.29 is 14.3 Å². The van der Waals surface area contributed by atoms with Crippen LogP contribution in [0.3, 0.4) is 0 Å². The number of ether oxygens (including phenoxy) is 2. The van der Waals surface area contributed by atoms with Gasteiger partial charge in [0.05, 0.1) is 31.4 Å². The predicted molar refractivity (Wildman–Crippen MR) is 120 cm³/mol. The molecule has 0 fully saturated rings. The van der Waals surface area contributed by atoms with Crippen LogP contribution in [0.5, 0.6) is 11.5 Å². The summed E-state index contributed by atoms with van der Waals surface area (Å²) in [6.07, 6.45) is 0. The Kier molecular flexibility index (Phi) is 7.36. The van der Waals surface area contributed by atoms with Crippen LogP contribution in [0.2, 0.25) is 0 Å². The third kappa shape index (κ3) is 5.27. The lowest BCUT2D eigenvalue weighted by Crippen LogP contribution is -2.14. The molecule has 1 aromatic heterocycles. The van der Waals surface area contributed by atoms with E-state index in [2.05, 4.69) is 26.2 Å². The minimum Gasteiger partial charge on any atom is -0.493 e. The SMILES string of the molecule is COc1ccc(-c2nc(CSCC(=O)Nc3ccccc3Br)cs2)cc1OC. The van der Waals surface area contributed by atoms with Gasteiger partial charge in [0.1, 0.15) is 5.01 Å². The number of rotatable bonds is 8. The van der Waals surface area contributed by atoms with Crippen molar-refractivity contribution in [2.24, 2.45) is 0 Å². The van der Waals surface area contributed by atoms with Gasteiger partial charge in [-0.25, -0.2) is 4.98 Å². The molecule has 0 saturated heterocycles. The highest BCUT2D eigenvalue weighted by atomic mass is 79.9. The van der Waals surface area contributed by atoms with Crippen LogP contribution >= 0.6 is 39.0 Å². The molecule has 5 nitrogen and oxygen atoms in total. The van der Waals surface area contributed by atoms with Gasteiger partial charge in [0.15, 0.2) is 11.5 Å². The van der Waals surface area contributed by atoms with Crippen molar-refractivity contribution in [1.82, 2.24) is 4.98 Å². The molecule has 1 N–H and O–H groups in total. The van der Waals surface area contributed by atoms with Crippen molar-refractivity contribution in [3.05, 3.63) is 58.0 Å². The van der Waals surface area contributed by atoms with Crippen molar-refractivity contribution in [1.29, 1.82) is 0 Å². The molecule has 0 spiro atoms. The number of halogens is 1. The molecule has 0 aliphatic heterocycles. The van der Waals surface area contributed by atoms with Crippen LogP contribution in [0.25, 0.3) is 10.6 Å². The molecule has 0 aliphatic carbocycles. The number of nitrogens with zero attached hydrogens (tertiary/aromatic N) is 1. The molecule has 0 unspecified atom stereocenters. The maximum absolute atomic E-state index is 12.1. The number of aromatic nitrogens is 1. The van der Waals surface area contributed by atoms with Crippen LogP contribution in [0.15, 0.2) is 52.3 Å². The van der Waals surface area contributed by atoms with Gasteiger partial charge in [0, 0.05) is 21.2 Å². The molecule has 8 heteroatoms. The number of hydrogen-bond acceptors (Lipinski definition) is 6. The van der Waals surface area contributed by atoms with Crippen molar-refractivity contribution in [2.45, 2.75) is 5.75 Å². The Balaban J connectivity index is 1.55. The zero-order valence-electron chi connectivity index (χ0n) is 15.4. The van der Waals surface area contributed by atoms with Gasteiger partial charge in [-0.2, -0.15) is 0 Å². The molecule has 0 atom stereocenters. The summed E-state index contributed by atoms with van der Waals surface area (Å²) in [7, 11) is 3.23. The van der Waals surface area contributed by atoms with Crippen LogP contribution in [-0.2, 0) is 10.5 Å². The molecule has 0 aliphatic rings. The van der Waals surface area contributed by atoms with Crippen LogP contribution in [0.1, 0.15) is 5.69 Å². The number of anilines is 1. The molecule has 0 saturated carbocycles. The van der Waals surface area contributed by atoms with Gasteiger partial charge in [-0.3, -0.25) is 4.79 Å². The molecule has 3 rings (SSSR count). The number of para-hydroxylation sites is 1. The fourth-order valence-corrected chi connectivity index (χ4v) is 4.50. The van der Waals surface area contributed by atoms with Crippen molar-refractivity contribution in [3.8, 4) is 22.1 Å². The normalized spacial score (nSPS) is 10.5. The number of methoxy groups -OCH3 is 2. The fraction of sp³-hybridized carbons (Fsp3) is 0.200. The third-order valence-corrected chi connectivity index (χ3v) is 6.41. The molecule has 1 amide bonds. The van der Waals surface area contributed by atoms with E-state index >= 15 is 0 Å². The van der Waals surface area contributed by atoms with Gasteiger partial charge in [-0.15, -0.1) is 23.1 Å². The van der Waals surface area contributed by atoms with Gasteiger partial charge < -0.3 is 14.8 Å². The van der Waals surface area contributed by atoms with Crippen LogP contribution in [0, 0.1) is 0 Å². The highest BCUT2D eigenvalue weighted by Crippen LogP contribution is 2.34. The minimum atomic E-state index is -0.0350. The standard InChI is InChI=1S/C20H19BrN2O3S2/c1-25-17-8-7-13(9-18(17)26-2)20-22-14(11-28-20)10-27-12-19(24)23-16-6-4-3-5-15(16)21/h3-9,11H,10,12H2,1-2H3,(H,23,24). The first-order valence-electron chi connectivity index (χ1n) is 8.39. The summed E-state index contributed by atoms with van der Waals surface area (Å²) in [6.45, 7) is 0. The summed E-state index contributed by atoms with van der Waals surface area (Å²) in [5.74, 6) is 2.37. The molecule has 3 aromatic rings. The Labute approximate surface area is 180 Å². The van der Waals surface area contributed by atoms with Gasteiger partial charge in [0.25, 0.3) is 0 Å². The number of hydrogen-bond donors (Lipinski definition) is 1. The van der Waals surface area contributed by atoms with E-state index in [1.807, 2.05) is 47.8 Å². The molecule has 0 radical (unpaired) electrons. The topological polar surface area (TPSA) is 60.5 Å². The third-order valence-electron chi connectivity index (χ3n) is 3.81. The van der Waals surface area contributed by atoms with Crippen LogP contribution in [0.4, 0.5) is 5.69 Å². The maximum atomic E-state index is 12.1. The Morgan fingerprint density at radius 3 is 2.71 bits per heavy atom. The molecular weight excluding hydrogens is 460 g/mol. The van der Waals surface area contributed by atoms with Gasteiger partial charge in [0.2, 0.25) is 5.91 Å². The van der Waals surface area contributed by atoms with E-state index in [4.69, 9.17) is 9.47 Å². The summed E-state index contributed by atoms with van der Waals surface area (Å²) in [5.41, 5.74) is 2.71. The summed E-state index contributed by atoms with van der Waals surface area (Å²) in [4.78, 5) is 16.8. The fourth-order valence-electron chi connectivity index (χ4n) is 2.47. The molecule has 2 aromatic carbocycles. The first-order chi connectivity index (χ1) is 13.6. The first kappa shape index (κ1) is 20.7. The number of carbonyl (C=O) groups is 1. The second-order valence-electron chi connectivity index (χ2n) is 5.73. The molecule has 28 heavy (non-hydrogen) atoms. The van der Waals surface area contributed by atoms with Gasteiger partial charge in [-0.1, -0.05) is 12.1 Å². The molecular formula is C20H19BrN2O3S2. The van der Waals surface area contributed by atoms with E-state index in [9.17, 15) is 4.79 Å². The highest BCUT2D eigenvalue weighted by Gasteiger charge is 2.11. The predicted octanol–water partition coefficient (Wildman–Crippen LogP) is 5.46. The van der Waals surface area contributed by atoms with E-state index < -0.39 is 0 Å². The Morgan fingerprint density at radius 2 is 1.96 bits per heavy atom. The van der Waals surface area contributed by atoms with Crippen molar-refractivity contribution in [2.75, 3.05) is 25.3 Å². The van der Waals surface area contributed by atoms with Crippen molar-refractivity contribution >= 4 is 50.6 Å². The number of benzene rings is 2. The van der Waals surface area contributed by atoms with Crippen LogP contribution < -0.4 is 14.8 Å². The largest absolute Gasteiger partial charge is 0.493 e. The number of nitrogens with one attached hydrogen (secondary N) is 1. The second-order valence-corrected chi connectivity index (χ2v) is 8.43. The Hall–Kier alpha value is -2.03. The average Bonchev–Trinajstić information content (AvgIpc) is 3.18. The number of amides is 1. The van der Waals surface area contributed by atoms with E-state index in [-0.39, 0.29) is 5.91 Å². The van der Waals surface area contributed by atoms with Crippen LogP contribution in [-0.4, -0.2) is 30.9 Å². The van der Waals surface area contributed by atoms with E-state index in [0.29, 0.717) is 23.0 Å². The minimum absolute atomic E-state index is 0.0350. The monoisotopic (exact) mass is 478 g/mol. The Morgan fingerprint density at radius 1 is 1.18 bits per heavy atom. The summed E-state index contributed by atoms with van der Waals surface area (Å²) >= 11 is 6.53.